The normalized spacial score (nSPS) is 9.71. The van der Waals surface area contributed by atoms with Crippen LogP contribution in [0.3, 0.4) is 0 Å². The van der Waals surface area contributed by atoms with Gasteiger partial charge >= 0.3 is 0 Å². The second-order valence-electron chi connectivity index (χ2n) is 3.81. The third-order valence-corrected chi connectivity index (χ3v) is 2.03. The summed E-state index contributed by atoms with van der Waals surface area (Å²) in [4.78, 5) is 4.54. The standard InChI is InChI=1S/C13H17N/c1-9(2)12-8-6-7-11(5)13(12)14-10(3)4/h6-8H,1H2,2-5H3. The third kappa shape index (κ3) is 2.32. The number of aliphatic imine (C=N–C) groups is 1. The van der Waals surface area contributed by atoms with E-state index >= 15 is 0 Å². The van der Waals surface area contributed by atoms with Crippen LogP contribution in [0.1, 0.15) is 31.9 Å². The van der Waals surface area contributed by atoms with Gasteiger partial charge in [0.2, 0.25) is 0 Å². The molecule has 0 spiro atoms. The van der Waals surface area contributed by atoms with Crippen molar-refractivity contribution in [3.63, 3.8) is 0 Å². The van der Waals surface area contributed by atoms with Gasteiger partial charge in [-0.3, -0.25) is 4.99 Å². The van der Waals surface area contributed by atoms with Crippen molar-refractivity contribution in [3.05, 3.63) is 35.9 Å². The zero-order valence-corrected chi connectivity index (χ0v) is 9.39. The van der Waals surface area contributed by atoms with Gasteiger partial charge < -0.3 is 0 Å². The van der Waals surface area contributed by atoms with Gasteiger partial charge in [-0.2, -0.15) is 0 Å². The van der Waals surface area contributed by atoms with Crippen LogP contribution in [-0.2, 0) is 0 Å². The van der Waals surface area contributed by atoms with Crippen molar-refractivity contribution < 1.29 is 0 Å². The van der Waals surface area contributed by atoms with Crippen LogP contribution in [0.5, 0.6) is 0 Å². The Hall–Kier alpha value is -1.37. The molecule has 0 aliphatic carbocycles. The fourth-order valence-electron chi connectivity index (χ4n) is 1.38. The minimum Gasteiger partial charge on any atom is -0.258 e. The summed E-state index contributed by atoms with van der Waals surface area (Å²) in [5, 5.41) is 0. The first-order chi connectivity index (χ1) is 6.52. The van der Waals surface area contributed by atoms with Crippen LogP contribution in [-0.4, -0.2) is 5.71 Å². The van der Waals surface area contributed by atoms with Crippen molar-refractivity contribution in [1.29, 1.82) is 0 Å². The topological polar surface area (TPSA) is 12.4 Å². The molecule has 0 atom stereocenters. The van der Waals surface area contributed by atoms with Crippen LogP contribution in [0.15, 0.2) is 29.8 Å². The molecule has 0 aliphatic rings. The van der Waals surface area contributed by atoms with E-state index in [-0.39, 0.29) is 0 Å². The highest BCUT2D eigenvalue weighted by molar-refractivity contribution is 5.85. The molecular weight excluding hydrogens is 170 g/mol. The lowest BCUT2D eigenvalue weighted by Crippen LogP contribution is -1.87. The number of hydrogen-bond donors (Lipinski definition) is 0. The van der Waals surface area contributed by atoms with E-state index in [2.05, 4.69) is 30.6 Å². The number of aryl methyl sites for hydroxylation is 1. The van der Waals surface area contributed by atoms with Gasteiger partial charge in [-0.1, -0.05) is 24.8 Å². The first-order valence-electron chi connectivity index (χ1n) is 4.79. The van der Waals surface area contributed by atoms with Gasteiger partial charge in [0.05, 0.1) is 5.69 Å². The lowest BCUT2D eigenvalue weighted by molar-refractivity contribution is 1.36. The largest absolute Gasteiger partial charge is 0.258 e. The van der Waals surface area contributed by atoms with Crippen LogP contribution in [0, 0.1) is 6.92 Å². The van der Waals surface area contributed by atoms with Gasteiger partial charge in [0, 0.05) is 11.3 Å². The van der Waals surface area contributed by atoms with Crippen LogP contribution in [0.25, 0.3) is 5.57 Å². The molecule has 0 aliphatic heterocycles. The average molecular weight is 187 g/mol. The van der Waals surface area contributed by atoms with Gasteiger partial charge in [0.15, 0.2) is 0 Å². The van der Waals surface area contributed by atoms with Gasteiger partial charge in [-0.15, -0.1) is 0 Å². The first kappa shape index (κ1) is 10.7. The molecule has 1 rings (SSSR count). The van der Waals surface area contributed by atoms with E-state index in [4.69, 9.17) is 0 Å². The minimum atomic E-state index is 1.06. The quantitative estimate of drug-likeness (QED) is 0.617. The Morgan fingerprint density at radius 3 is 2.36 bits per heavy atom. The molecule has 0 heterocycles. The van der Waals surface area contributed by atoms with E-state index < -0.39 is 0 Å². The monoisotopic (exact) mass is 187 g/mol. The van der Waals surface area contributed by atoms with Crippen molar-refractivity contribution in [1.82, 2.24) is 0 Å². The molecule has 0 N–H and O–H groups in total. The van der Waals surface area contributed by atoms with E-state index in [0.717, 1.165) is 22.5 Å². The van der Waals surface area contributed by atoms with E-state index in [1.807, 2.05) is 26.8 Å². The molecule has 0 aromatic heterocycles. The summed E-state index contributed by atoms with van der Waals surface area (Å²) in [5.74, 6) is 0. The fourth-order valence-corrected chi connectivity index (χ4v) is 1.38. The fraction of sp³-hybridized carbons (Fsp3) is 0.308. The summed E-state index contributed by atoms with van der Waals surface area (Å²) in [6, 6.07) is 6.19. The van der Waals surface area contributed by atoms with E-state index in [0.29, 0.717) is 0 Å². The van der Waals surface area contributed by atoms with E-state index in [1.165, 1.54) is 5.56 Å². The molecule has 1 aromatic carbocycles. The molecule has 1 nitrogen and oxygen atoms in total. The van der Waals surface area contributed by atoms with Crippen molar-refractivity contribution >= 4 is 17.0 Å². The summed E-state index contributed by atoms with van der Waals surface area (Å²) in [6.45, 7) is 12.1. The molecule has 1 aromatic rings. The zero-order valence-electron chi connectivity index (χ0n) is 9.39. The predicted molar refractivity (Wildman–Crippen MR) is 64.3 cm³/mol. The molecule has 0 saturated heterocycles. The summed E-state index contributed by atoms with van der Waals surface area (Å²) in [7, 11) is 0. The number of hydrogen-bond acceptors (Lipinski definition) is 1. The van der Waals surface area contributed by atoms with Gasteiger partial charge in [-0.25, -0.2) is 0 Å². The Morgan fingerprint density at radius 1 is 1.21 bits per heavy atom. The first-order valence-corrected chi connectivity index (χ1v) is 4.79. The molecule has 0 amide bonds. The van der Waals surface area contributed by atoms with E-state index in [1.54, 1.807) is 0 Å². The molecular formula is C13H17N. The van der Waals surface area contributed by atoms with Crippen LogP contribution in [0.2, 0.25) is 0 Å². The molecule has 14 heavy (non-hydrogen) atoms. The van der Waals surface area contributed by atoms with Crippen molar-refractivity contribution in [3.8, 4) is 0 Å². The third-order valence-electron chi connectivity index (χ3n) is 2.03. The van der Waals surface area contributed by atoms with Crippen molar-refractivity contribution in [2.75, 3.05) is 0 Å². The Bertz CT molecular complexity index is 382. The molecule has 0 saturated carbocycles. The maximum atomic E-state index is 4.54. The predicted octanol–water partition coefficient (Wildman–Crippen LogP) is 4.14. The van der Waals surface area contributed by atoms with Crippen LogP contribution >= 0.6 is 0 Å². The number of allylic oxidation sites excluding steroid dienone is 1. The second kappa shape index (κ2) is 4.23. The summed E-state index contributed by atoms with van der Waals surface area (Å²) < 4.78 is 0. The minimum absolute atomic E-state index is 1.06. The lowest BCUT2D eigenvalue weighted by Gasteiger charge is -2.08. The number of para-hydroxylation sites is 1. The van der Waals surface area contributed by atoms with Gasteiger partial charge in [0.1, 0.15) is 0 Å². The molecule has 0 unspecified atom stereocenters. The Kier molecular flexibility index (Phi) is 3.23. The smallest absolute Gasteiger partial charge is 0.0732 e. The number of rotatable bonds is 2. The van der Waals surface area contributed by atoms with Crippen LogP contribution < -0.4 is 0 Å². The van der Waals surface area contributed by atoms with Crippen molar-refractivity contribution in [2.24, 2.45) is 4.99 Å². The highest BCUT2D eigenvalue weighted by Gasteiger charge is 2.04. The van der Waals surface area contributed by atoms with Gasteiger partial charge in [-0.05, 0) is 38.8 Å². The highest BCUT2D eigenvalue weighted by atomic mass is 14.7. The van der Waals surface area contributed by atoms with Gasteiger partial charge in [0.25, 0.3) is 0 Å². The second-order valence-corrected chi connectivity index (χ2v) is 3.81. The summed E-state index contributed by atoms with van der Waals surface area (Å²) >= 11 is 0. The summed E-state index contributed by atoms with van der Waals surface area (Å²) in [5.41, 5.74) is 5.54. The molecule has 0 bridgehead atoms. The Labute approximate surface area is 86.2 Å². The van der Waals surface area contributed by atoms with Crippen LogP contribution in [0.4, 0.5) is 5.69 Å². The highest BCUT2D eigenvalue weighted by Crippen LogP contribution is 2.28. The molecule has 0 radical (unpaired) electrons. The molecule has 0 fully saturated rings. The van der Waals surface area contributed by atoms with E-state index in [9.17, 15) is 0 Å². The number of nitrogens with zero attached hydrogens (tertiary/aromatic N) is 1. The Morgan fingerprint density at radius 2 is 1.86 bits per heavy atom. The summed E-state index contributed by atoms with van der Waals surface area (Å²) in [6.07, 6.45) is 0. The average Bonchev–Trinajstić information content (AvgIpc) is 2.07. The number of benzene rings is 1. The zero-order chi connectivity index (χ0) is 10.7. The molecule has 1 heteroatoms. The maximum absolute atomic E-state index is 4.54. The SMILES string of the molecule is C=C(C)c1cccc(C)c1N=C(C)C. The maximum Gasteiger partial charge on any atom is 0.0732 e. The van der Waals surface area contributed by atoms with Crippen molar-refractivity contribution in [2.45, 2.75) is 27.7 Å². The lowest BCUT2D eigenvalue weighted by atomic mass is 10.0. The Balaban J connectivity index is 3.37. The molecule has 74 valence electrons.